The van der Waals surface area contributed by atoms with Crippen LogP contribution in [0.4, 0.5) is 0 Å². The maximum Gasteiger partial charge on any atom is 0.331 e. The monoisotopic (exact) mass is 510 g/mol. The molecule has 3 fully saturated rings. The highest BCUT2D eigenvalue weighted by Gasteiger charge is 2.81. The van der Waals surface area contributed by atoms with Crippen molar-refractivity contribution in [2.24, 2.45) is 34.0 Å². The second-order valence-corrected chi connectivity index (χ2v) is 12.3. The van der Waals surface area contributed by atoms with Crippen LogP contribution in [-0.2, 0) is 28.6 Å². The number of fused-ring (bicyclic) bond motifs is 5. The molecule has 0 amide bonds. The van der Waals surface area contributed by atoms with Gasteiger partial charge in [-0.15, -0.1) is 0 Å². The first-order valence-electron chi connectivity index (χ1n) is 13.0. The van der Waals surface area contributed by atoms with E-state index in [0.29, 0.717) is 6.42 Å². The number of cyclic esters (lactones) is 1. The summed E-state index contributed by atoms with van der Waals surface area (Å²) in [5.74, 6) is -2.01. The number of esters is 3. The number of carbonyl (C=O) groups is 3. The average molecular weight is 511 g/mol. The first kappa shape index (κ1) is 24.5. The van der Waals surface area contributed by atoms with Crippen LogP contribution >= 0.6 is 0 Å². The molecule has 6 rings (SSSR count). The Morgan fingerprint density at radius 1 is 1.24 bits per heavy atom. The summed E-state index contributed by atoms with van der Waals surface area (Å²) in [7, 11) is 1.37. The molecule has 0 radical (unpaired) electrons. The fraction of sp³-hybridized carbons (Fsp3) is 0.621. The second kappa shape index (κ2) is 7.59. The van der Waals surface area contributed by atoms with Gasteiger partial charge in [0.05, 0.1) is 25.2 Å². The van der Waals surface area contributed by atoms with E-state index in [0.717, 1.165) is 29.6 Å². The van der Waals surface area contributed by atoms with Crippen molar-refractivity contribution in [3.05, 3.63) is 47.5 Å². The molecule has 1 aliphatic heterocycles. The molecule has 2 heterocycles. The van der Waals surface area contributed by atoms with Gasteiger partial charge in [-0.1, -0.05) is 26.8 Å². The first-order chi connectivity index (χ1) is 17.4. The molecule has 1 aromatic heterocycles. The van der Waals surface area contributed by atoms with Crippen LogP contribution in [0.2, 0.25) is 0 Å². The van der Waals surface area contributed by atoms with E-state index in [4.69, 9.17) is 18.6 Å². The normalized spacial score (nSPS) is 45.2. The van der Waals surface area contributed by atoms with Crippen molar-refractivity contribution in [3.63, 3.8) is 0 Å². The van der Waals surface area contributed by atoms with Crippen molar-refractivity contribution in [1.82, 2.24) is 0 Å². The molecule has 5 aliphatic rings. The molecular weight excluding hydrogens is 476 g/mol. The van der Waals surface area contributed by atoms with E-state index in [9.17, 15) is 19.5 Å². The minimum atomic E-state index is -1.16. The molecule has 37 heavy (non-hydrogen) atoms. The summed E-state index contributed by atoms with van der Waals surface area (Å²) >= 11 is 0. The van der Waals surface area contributed by atoms with Crippen LogP contribution in [0.3, 0.4) is 0 Å². The van der Waals surface area contributed by atoms with Gasteiger partial charge in [-0.05, 0) is 48.3 Å². The SMILES string of the molecule is COC(=O)CC1C2(C)CC3(O)C(C=C4C5=CC(=O)OC(c6ccoc6)C5(C)CCC4C13C)C2OC(C)=O. The minimum absolute atomic E-state index is 0.0845. The van der Waals surface area contributed by atoms with Crippen LogP contribution in [0, 0.1) is 34.0 Å². The molecule has 9 unspecified atom stereocenters. The fourth-order valence-corrected chi connectivity index (χ4v) is 9.22. The average Bonchev–Trinajstić information content (AvgIpc) is 3.48. The van der Waals surface area contributed by atoms with Crippen molar-refractivity contribution < 1.29 is 38.1 Å². The van der Waals surface area contributed by atoms with Gasteiger partial charge in [0.1, 0.15) is 12.2 Å². The maximum atomic E-state index is 12.9. The van der Waals surface area contributed by atoms with Crippen LogP contribution in [0.25, 0.3) is 0 Å². The molecule has 1 aromatic rings. The van der Waals surface area contributed by atoms with Crippen LogP contribution in [-0.4, -0.2) is 41.8 Å². The lowest BCUT2D eigenvalue weighted by Gasteiger charge is -2.62. The molecule has 2 bridgehead atoms. The maximum absolute atomic E-state index is 12.9. The highest BCUT2D eigenvalue weighted by atomic mass is 16.6. The Balaban J connectivity index is 1.53. The minimum Gasteiger partial charge on any atom is -0.472 e. The molecule has 3 saturated carbocycles. The summed E-state index contributed by atoms with van der Waals surface area (Å²) in [5, 5.41) is 12.4. The predicted octanol–water partition coefficient (Wildman–Crippen LogP) is 4.05. The Labute approximate surface area is 216 Å². The van der Waals surface area contributed by atoms with Gasteiger partial charge in [0.2, 0.25) is 0 Å². The summed E-state index contributed by atoms with van der Waals surface area (Å²) in [5.41, 5.74) is -0.251. The van der Waals surface area contributed by atoms with E-state index in [1.807, 2.05) is 13.0 Å². The van der Waals surface area contributed by atoms with Crippen LogP contribution in [0.15, 0.2) is 46.3 Å². The molecule has 1 N–H and O–H groups in total. The Bertz CT molecular complexity index is 1240. The third kappa shape index (κ3) is 2.90. The van der Waals surface area contributed by atoms with Crippen LogP contribution in [0.1, 0.15) is 65.0 Å². The highest BCUT2D eigenvalue weighted by molar-refractivity contribution is 5.86. The quantitative estimate of drug-likeness (QED) is 0.477. The van der Waals surface area contributed by atoms with E-state index < -0.39 is 51.9 Å². The van der Waals surface area contributed by atoms with E-state index >= 15 is 0 Å². The molecule has 0 aromatic carbocycles. The van der Waals surface area contributed by atoms with Gasteiger partial charge in [0.25, 0.3) is 0 Å². The van der Waals surface area contributed by atoms with E-state index in [2.05, 4.69) is 19.9 Å². The Hall–Kier alpha value is -2.87. The van der Waals surface area contributed by atoms with E-state index in [-0.39, 0.29) is 24.2 Å². The molecule has 8 heteroatoms. The third-order valence-corrected chi connectivity index (χ3v) is 10.8. The van der Waals surface area contributed by atoms with Gasteiger partial charge in [0.15, 0.2) is 0 Å². The molecule has 0 saturated heterocycles. The topological polar surface area (TPSA) is 112 Å². The third-order valence-electron chi connectivity index (χ3n) is 10.8. The number of hydrogen-bond donors (Lipinski definition) is 1. The Kier molecular flexibility index (Phi) is 5.02. The van der Waals surface area contributed by atoms with Crippen molar-refractivity contribution in [2.75, 3.05) is 7.11 Å². The first-order valence-corrected chi connectivity index (χ1v) is 13.0. The van der Waals surface area contributed by atoms with Gasteiger partial charge in [-0.2, -0.15) is 0 Å². The smallest absolute Gasteiger partial charge is 0.331 e. The number of carbonyl (C=O) groups excluding carboxylic acids is 3. The summed E-state index contributed by atoms with van der Waals surface area (Å²) in [4.78, 5) is 37.8. The number of methoxy groups -OCH3 is 1. The van der Waals surface area contributed by atoms with Gasteiger partial charge >= 0.3 is 17.9 Å². The lowest BCUT2D eigenvalue weighted by Crippen LogP contribution is -2.65. The number of hydrogen-bond acceptors (Lipinski definition) is 8. The molecular formula is C29H34O8. The predicted molar refractivity (Wildman–Crippen MR) is 129 cm³/mol. The Morgan fingerprint density at radius 2 is 2.00 bits per heavy atom. The van der Waals surface area contributed by atoms with Crippen molar-refractivity contribution >= 4 is 17.9 Å². The van der Waals surface area contributed by atoms with Crippen LogP contribution in [0.5, 0.6) is 0 Å². The van der Waals surface area contributed by atoms with Crippen molar-refractivity contribution in [2.45, 2.75) is 71.2 Å². The number of ether oxygens (including phenoxy) is 3. The number of rotatable bonds is 4. The summed E-state index contributed by atoms with van der Waals surface area (Å²) in [6, 6.07) is 1.82. The zero-order chi connectivity index (χ0) is 26.5. The van der Waals surface area contributed by atoms with E-state index in [1.54, 1.807) is 18.6 Å². The molecule has 198 valence electrons. The zero-order valence-corrected chi connectivity index (χ0v) is 21.9. The van der Waals surface area contributed by atoms with Gasteiger partial charge in [-0.25, -0.2) is 4.79 Å². The molecule has 0 spiro atoms. The second-order valence-electron chi connectivity index (χ2n) is 12.3. The van der Waals surface area contributed by atoms with Gasteiger partial charge in [0, 0.05) is 47.1 Å². The fourth-order valence-electron chi connectivity index (χ4n) is 9.22. The van der Waals surface area contributed by atoms with Crippen molar-refractivity contribution in [3.8, 4) is 0 Å². The van der Waals surface area contributed by atoms with E-state index in [1.165, 1.54) is 14.0 Å². The van der Waals surface area contributed by atoms with Crippen LogP contribution < -0.4 is 0 Å². The zero-order valence-electron chi connectivity index (χ0n) is 21.9. The summed E-state index contributed by atoms with van der Waals surface area (Å²) < 4.78 is 22.2. The summed E-state index contributed by atoms with van der Waals surface area (Å²) in [6.45, 7) is 7.60. The lowest BCUT2D eigenvalue weighted by atomic mass is 9.43. The molecule has 9 atom stereocenters. The standard InChI is InChI=1S/C29H34O8/c1-15(30)36-25-20-10-17-18(28(4)21(12-22(31)34-5)27(25,3)14-29(20,28)33)6-8-26(2)19(17)11-23(32)37-24(26)16-7-9-35-13-16/h7,9-11,13,18,20-21,24-25,33H,6,8,12,14H2,1-5H3. The Morgan fingerprint density at radius 3 is 2.65 bits per heavy atom. The number of allylic oxidation sites excluding steroid dienone is 1. The molecule has 4 aliphatic carbocycles. The highest BCUT2D eigenvalue weighted by Crippen LogP contribution is 2.78. The van der Waals surface area contributed by atoms with Gasteiger partial charge in [-0.3, -0.25) is 9.59 Å². The van der Waals surface area contributed by atoms with Crippen molar-refractivity contribution in [1.29, 1.82) is 0 Å². The lowest BCUT2D eigenvalue weighted by molar-refractivity contribution is -0.201. The summed E-state index contributed by atoms with van der Waals surface area (Å²) in [6.07, 6.45) is 7.78. The number of aliphatic hydroxyl groups is 1. The number of furan rings is 1. The largest absolute Gasteiger partial charge is 0.472 e. The van der Waals surface area contributed by atoms with Gasteiger partial charge < -0.3 is 23.7 Å². The molecule has 8 nitrogen and oxygen atoms in total.